The second-order valence-corrected chi connectivity index (χ2v) is 10.3. The summed E-state index contributed by atoms with van der Waals surface area (Å²) in [7, 11) is 1.78. The van der Waals surface area contributed by atoms with Gasteiger partial charge in [-0.05, 0) is 66.5 Å². The van der Waals surface area contributed by atoms with Gasteiger partial charge in [0.15, 0.2) is 0 Å². The van der Waals surface area contributed by atoms with Crippen LogP contribution in [0.1, 0.15) is 67.9 Å². The third kappa shape index (κ3) is 5.55. The van der Waals surface area contributed by atoms with Crippen molar-refractivity contribution >= 4 is 39.7 Å². The maximum atomic E-state index is 12.5. The fourth-order valence-electron chi connectivity index (χ4n) is 5.28. The van der Waals surface area contributed by atoms with Gasteiger partial charge in [-0.15, -0.1) is 6.58 Å². The summed E-state index contributed by atoms with van der Waals surface area (Å²) in [6, 6.07) is 12.1. The van der Waals surface area contributed by atoms with Gasteiger partial charge in [-0.25, -0.2) is 4.98 Å². The van der Waals surface area contributed by atoms with E-state index in [1.54, 1.807) is 17.7 Å². The first-order valence-corrected chi connectivity index (χ1v) is 12.8. The van der Waals surface area contributed by atoms with Crippen molar-refractivity contribution in [1.29, 1.82) is 0 Å². The van der Waals surface area contributed by atoms with E-state index in [1.165, 1.54) is 32.1 Å². The van der Waals surface area contributed by atoms with Crippen LogP contribution < -0.4 is 9.74 Å². The molecule has 2 atom stereocenters. The molecule has 1 aromatic carbocycles. The molecular weight excluding hydrogens is 496 g/mol. The van der Waals surface area contributed by atoms with E-state index in [-0.39, 0.29) is 17.4 Å². The number of allylic oxidation sites excluding steroid dienone is 1. The Hall–Kier alpha value is -2.05. The third-order valence-corrected chi connectivity index (χ3v) is 7.70. The van der Waals surface area contributed by atoms with Crippen LogP contribution in [0.2, 0.25) is 0 Å². The molecule has 3 aromatic rings. The number of aromatic nitrogens is 2. The van der Waals surface area contributed by atoms with Gasteiger partial charge in [0.1, 0.15) is 0 Å². The average molecular weight is 528 g/mol. The van der Waals surface area contributed by atoms with Crippen molar-refractivity contribution in [3.63, 3.8) is 0 Å². The van der Waals surface area contributed by atoms with E-state index in [0.717, 1.165) is 39.3 Å². The van der Waals surface area contributed by atoms with Crippen molar-refractivity contribution < 1.29 is 4.18 Å². The zero-order valence-corrected chi connectivity index (χ0v) is 21.5. The minimum atomic E-state index is 0.00390. The van der Waals surface area contributed by atoms with Crippen LogP contribution in [0.5, 0.6) is 5.88 Å². The van der Waals surface area contributed by atoms with Crippen molar-refractivity contribution in [3.05, 3.63) is 81.2 Å². The summed E-state index contributed by atoms with van der Waals surface area (Å²) in [5, 5.41) is 1.06. The topological polar surface area (TPSA) is 44.1 Å². The second kappa shape index (κ2) is 10.9. The van der Waals surface area contributed by atoms with Gasteiger partial charge in [-0.1, -0.05) is 54.1 Å². The number of hydrogen-bond acceptors (Lipinski definition) is 4. The van der Waals surface area contributed by atoms with Crippen LogP contribution in [0.4, 0.5) is 0 Å². The van der Waals surface area contributed by atoms with E-state index in [2.05, 4.69) is 53.6 Å². The predicted molar refractivity (Wildman–Crippen MR) is 142 cm³/mol. The maximum Gasteiger partial charge on any atom is 0.250 e. The fourth-order valence-corrected chi connectivity index (χ4v) is 5.81. The number of aryl methyl sites for hydroxylation is 1. The molecule has 4 rings (SSSR count). The molecule has 1 aliphatic rings. The molecule has 0 spiro atoms. The molecular formula is C27H31BrN2O2S. The standard InChI is InChI=1S/C27H31BrN2O2S/c1-3-7-22(19-12-13-30(2)26(31)17-19)23(14-18-8-5-4-6-9-18)24-16-20-15-21(28)10-11-25(20)29-27(24)32-33/h3,10-13,15-18,22-23,33H,1,4-9,14H2,2H3. The van der Waals surface area contributed by atoms with Crippen LogP contribution in [0.15, 0.2) is 64.5 Å². The number of fused-ring (bicyclic) bond motifs is 1. The first kappa shape index (κ1) is 24.1. The van der Waals surface area contributed by atoms with E-state index in [1.807, 2.05) is 24.4 Å². The van der Waals surface area contributed by atoms with Gasteiger partial charge in [-0.2, -0.15) is 0 Å². The SMILES string of the molecule is C=CCC(c1ccn(C)c(=O)c1)C(CC1CCCCC1)c1cc2cc(Br)ccc2nc1OS. The molecule has 1 saturated carbocycles. The van der Waals surface area contributed by atoms with Gasteiger partial charge < -0.3 is 8.75 Å². The minimum Gasteiger partial charge on any atom is -0.409 e. The molecule has 0 N–H and O–H groups in total. The molecule has 4 nitrogen and oxygen atoms in total. The summed E-state index contributed by atoms with van der Waals surface area (Å²) < 4.78 is 8.17. The van der Waals surface area contributed by atoms with Crippen LogP contribution in [0, 0.1) is 5.92 Å². The molecule has 6 heteroatoms. The van der Waals surface area contributed by atoms with Crippen LogP contribution in [-0.2, 0) is 7.05 Å². The molecule has 0 amide bonds. The zero-order valence-electron chi connectivity index (χ0n) is 19.0. The van der Waals surface area contributed by atoms with E-state index in [0.29, 0.717) is 11.8 Å². The highest BCUT2D eigenvalue weighted by Crippen LogP contribution is 2.46. The lowest BCUT2D eigenvalue weighted by Crippen LogP contribution is -2.21. The lowest BCUT2D eigenvalue weighted by Gasteiger charge is -2.33. The highest BCUT2D eigenvalue weighted by Gasteiger charge is 2.31. The van der Waals surface area contributed by atoms with Gasteiger partial charge in [-0.3, -0.25) is 4.79 Å². The smallest absolute Gasteiger partial charge is 0.250 e. The van der Waals surface area contributed by atoms with Gasteiger partial charge in [0.25, 0.3) is 5.56 Å². The summed E-state index contributed by atoms with van der Waals surface area (Å²) in [6.45, 7) is 4.04. The van der Waals surface area contributed by atoms with Crippen molar-refractivity contribution in [2.45, 2.75) is 56.8 Å². The molecule has 2 heterocycles. The summed E-state index contributed by atoms with van der Waals surface area (Å²) in [4.78, 5) is 17.3. The summed E-state index contributed by atoms with van der Waals surface area (Å²) in [5.41, 5.74) is 2.97. The fraction of sp³-hybridized carbons (Fsp3) is 0.407. The first-order chi connectivity index (χ1) is 16.0. The Kier molecular flexibility index (Phi) is 7.97. The lowest BCUT2D eigenvalue weighted by molar-refractivity contribution is 0.300. The number of pyridine rings is 2. The Morgan fingerprint density at radius 1 is 1.21 bits per heavy atom. The maximum absolute atomic E-state index is 12.5. The van der Waals surface area contributed by atoms with Crippen molar-refractivity contribution in [2.24, 2.45) is 13.0 Å². The molecule has 2 unspecified atom stereocenters. The highest BCUT2D eigenvalue weighted by molar-refractivity contribution is 9.10. The van der Waals surface area contributed by atoms with Gasteiger partial charge in [0.05, 0.1) is 5.52 Å². The Morgan fingerprint density at radius 2 is 2.00 bits per heavy atom. The molecule has 0 aliphatic heterocycles. The third-order valence-electron chi connectivity index (χ3n) is 7.03. The zero-order chi connectivity index (χ0) is 23.4. The van der Waals surface area contributed by atoms with E-state index >= 15 is 0 Å². The Bertz CT molecular complexity index is 1190. The normalized spacial score (nSPS) is 16.5. The van der Waals surface area contributed by atoms with Crippen LogP contribution in [0.3, 0.4) is 0 Å². The number of rotatable bonds is 8. The molecule has 1 aliphatic carbocycles. The van der Waals surface area contributed by atoms with Crippen LogP contribution in [0.25, 0.3) is 10.9 Å². The monoisotopic (exact) mass is 526 g/mol. The number of hydrogen-bond donors (Lipinski definition) is 1. The van der Waals surface area contributed by atoms with E-state index in [4.69, 9.17) is 9.17 Å². The molecule has 33 heavy (non-hydrogen) atoms. The summed E-state index contributed by atoms with van der Waals surface area (Å²) in [5.74, 6) is 1.43. The number of benzene rings is 1. The number of halogens is 1. The quantitative estimate of drug-likeness (QED) is 0.190. The van der Waals surface area contributed by atoms with Gasteiger partial charge in [0, 0.05) is 47.6 Å². The molecule has 1 fully saturated rings. The molecule has 2 aromatic heterocycles. The lowest BCUT2D eigenvalue weighted by atomic mass is 9.72. The van der Waals surface area contributed by atoms with Crippen molar-refractivity contribution in [3.8, 4) is 5.88 Å². The van der Waals surface area contributed by atoms with Crippen LogP contribution >= 0.6 is 28.8 Å². The molecule has 0 saturated heterocycles. The Balaban J connectivity index is 1.86. The predicted octanol–water partition coefficient (Wildman–Crippen LogP) is 7.33. The Labute approximate surface area is 209 Å². The minimum absolute atomic E-state index is 0.00390. The molecule has 0 radical (unpaired) electrons. The van der Waals surface area contributed by atoms with Crippen molar-refractivity contribution in [2.75, 3.05) is 0 Å². The number of nitrogens with zero attached hydrogens (tertiary/aromatic N) is 2. The Morgan fingerprint density at radius 3 is 2.70 bits per heavy atom. The average Bonchev–Trinajstić information content (AvgIpc) is 2.83. The van der Waals surface area contributed by atoms with Gasteiger partial charge >= 0.3 is 0 Å². The van der Waals surface area contributed by atoms with E-state index in [9.17, 15) is 4.79 Å². The summed E-state index contributed by atoms with van der Waals surface area (Å²) in [6.07, 6.45) is 12.0. The number of thiol groups is 1. The summed E-state index contributed by atoms with van der Waals surface area (Å²) >= 11 is 7.77. The van der Waals surface area contributed by atoms with Crippen LogP contribution in [-0.4, -0.2) is 9.55 Å². The highest BCUT2D eigenvalue weighted by atomic mass is 79.9. The van der Waals surface area contributed by atoms with E-state index < -0.39 is 0 Å². The van der Waals surface area contributed by atoms with Crippen molar-refractivity contribution in [1.82, 2.24) is 9.55 Å². The molecule has 0 bridgehead atoms. The largest absolute Gasteiger partial charge is 0.409 e. The molecule has 174 valence electrons. The first-order valence-electron chi connectivity index (χ1n) is 11.7. The van der Waals surface area contributed by atoms with Gasteiger partial charge in [0.2, 0.25) is 5.88 Å². The second-order valence-electron chi connectivity index (χ2n) is 9.20.